The Balaban J connectivity index is 1.59. The van der Waals surface area contributed by atoms with Crippen LogP contribution in [-0.4, -0.2) is 49.6 Å². The highest BCUT2D eigenvalue weighted by molar-refractivity contribution is 5.82. The zero-order valence-corrected chi connectivity index (χ0v) is 11.5. The predicted octanol–water partition coefficient (Wildman–Crippen LogP) is 1.23. The van der Waals surface area contributed by atoms with Gasteiger partial charge in [0.1, 0.15) is 5.82 Å². The van der Waals surface area contributed by atoms with Gasteiger partial charge in [0, 0.05) is 26.2 Å². The molecule has 1 aromatic carbocycles. The Kier molecular flexibility index (Phi) is 3.87. The predicted molar refractivity (Wildman–Crippen MR) is 76.2 cm³/mol. The topological polar surface area (TPSA) is 35.6 Å². The second-order valence-corrected chi connectivity index (χ2v) is 5.41. The Morgan fingerprint density at radius 1 is 1.20 bits per heavy atom. The Bertz CT molecular complexity index is 480. The van der Waals surface area contributed by atoms with Gasteiger partial charge in [0.05, 0.1) is 11.7 Å². The van der Waals surface area contributed by atoms with Gasteiger partial charge in [0.2, 0.25) is 5.91 Å². The van der Waals surface area contributed by atoms with Crippen LogP contribution in [0.1, 0.15) is 12.8 Å². The molecule has 1 amide bonds. The molecule has 1 N–H and O–H groups in total. The summed E-state index contributed by atoms with van der Waals surface area (Å²) in [6.45, 7) is 3.67. The summed E-state index contributed by atoms with van der Waals surface area (Å²) in [4.78, 5) is 16.2. The first-order chi connectivity index (χ1) is 9.75. The molecule has 0 aliphatic carbocycles. The minimum absolute atomic E-state index is 0.00462. The van der Waals surface area contributed by atoms with Gasteiger partial charge in [-0.25, -0.2) is 4.39 Å². The molecule has 2 fully saturated rings. The van der Waals surface area contributed by atoms with Crippen molar-refractivity contribution in [2.45, 2.75) is 18.9 Å². The van der Waals surface area contributed by atoms with E-state index in [0.717, 1.165) is 19.4 Å². The lowest BCUT2D eigenvalue weighted by molar-refractivity contribution is -0.133. The van der Waals surface area contributed by atoms with Gasteiger partial charge in [-0.15, -0.1) is 0 Å². The molecule has 2 aliphatic heterocycles. The van der Waals surface area contributed by atoms with E-state index < -0.39 is 0 Å². The van der Waals surface area contributed by atoms with Gasteiger partial charge in [-0.05, 0) is 31.5 Å². The zero-order chi connectivity index (χ0) is 13.9. The van der Waals surface area contributed by atoms with Gasteiger partial charge in [-0.2, -0.15) is 0 Å². The van der Waals surface area contributed by atoms with Crippen LogP contribution in [0.2, 0.25) is 0 Å². The number of carbonyl (C=O) groups is 1. The van der Waals surface area contributed by atoms with Crippen LogP contribution in [0, 0.1) is 5.82 Å². The van der Waals surface area contributed by atoms with E-state index in [2.05, 4.69) is 5.32 Å². The van der Waals surface area contributed by atoms with Crippen LogP contribution in [-0.2, 0) is 4.79 Å². The Hall–Kier alpha value is -1.62. The van der Waals surface area contributed by atoms with Crippen LogP contribution in [0.5, 0.6) is 0 Å². The first-order valence-electron chi connectivity index (χ1n) is 7.27. The summed E-state index contributed by atoms with van der Waals surface area (Å²) in [7, 11) is 0. The number of para-hydroxylation sites is 1. The number of anilines is 1. The second kappa shape index (κ2) is 5.79. The summed E-state index contributed by atoms with van der Waals surface area (Å²) >= 11 is 0. The maximum atomic E-state index is 13.7. The molecule has 2 aliphatic rings. The summed E-state index contributed by atoms with van der Waals surface area (Å²) in [5.41, 5.74) is 0.638. The molecule has 1 atom stereocenters. The van der Waals surface area contributed by atoms with Crippen molar-refractivity contribution in [3.63, 3.8) is 0 Å². The Morgan fingerprint density at radius 3 is 2.60 bits per heavy atom. The number of hydrogen-bond donors (Lipinski definition) is 1. The normalized spacial score (nSPS) is 23.1. The molecule has 2 saturated heterocycles. The van der Waals surface area contributed by atoms with E-state index in [1.807, 2.05) is 15.9 Å². The molecule has 108 valence electrons. The molecule has 0 saturated carbocycles. The van der Waals surface area contributed by atoms with Gasteiger partial charge < -0.3 is 15.1 Å². The SMILES string of the molecule is O=C(C1CCCN1)N1CCN(c2ccccc2F)CC1. The van der Waals surface area contributed by atoms with Crippen LogP contribution in [0.3, 0.4) is 0 Å². The molecule has 0 aromatic heterocycles. The van der Waals surface area contributed by atoms with Crippen LogP contribution in [0.4, 0.5) is 10.1 Å². The van der Waals surface area contributed by atoms with E-state index in [0.29, 0.717) is 31.9 Å². The summed E-state index contributed by atoms with van der Waals surface area (Å²) in [6, 6.07) is 6.82. The molecular weight excluding hydrogens is 257 g/mol. The van der Waals surface area contributed by atoms with Gasteiger partial charge in [-0.1, -0.05) is 12.1 Å². The minimum atomic E-state index is -0.190. The first kappa shape index (κ1) is 13.4. The number of amides is 1. The van der Waals surface area contributed by atoms with Crippen molar-refractivity contribution in [3.05, 3.63) is 30.1 Å². The molecule has 1 unspecified atom stereocenters. The number of benzene rings is 1. The van der Waals surface area contributed by atoms with Crippen molar-refractivity contribution < 1.29 is 9.18 Å². The van der Waals surface area contributed by atoms with Crippen molar-refractivity contribution in [3.8, 4) is 0 Å². The summed E-state index contributed by atoms with van der Waals surface area (Å²) in [5, 5.41) is 3.24. The molecule has 4 nitrogen and oxygen atoms in total. The lowest BCUT2D eigenvalue weighted by Crippen LogP contribution is -2.53. The molecule has 5 heteroatoms. The van der Waals surface area contributed by atoms with E-state index in [1.165, 1.54) is 6.07 Å². The van der Waals surface area contributed by atoms with Crippen LogP contribution >= 0.6 is 0 Å². The van der Waals surface area contributed by atoms with E-state index in [1.54, 1.807) is 12.1 Å². The van der Waals surface area contributed by atoms with Crippen molar-refractivity contribution in [2.75, 3.05) is 37.6 Å². The maximum absolute atomic E-state index is 13.7. The van der Waals surface area contributed by atoms with Crippen molar-refractivity contribution in [2.24, 2.45) is 0 Å². The number of halogens is 1. The highest BCUT2D eigenvalue weighted by Crippen LogP contribution is 2.20. The van der Waals surface area contributed by atoms with Crippen LogP contribution in [0.15, 0.2) is 24.3 Å². The third kappa shape index (κ3) is 2.63. The monoisotopic (exact) mass is 277 g/mol. The molecule has 0 bridgehead atoms. The number of piperazine rings is 1. The highest BCUT2D eigenvalue weighted by atomic mass is 19.1. The Morgan fingerprint density at radius 2 is 1.95 bits per heavy atom. The fourth-order valence-corrected chi connectivity index (χ4v) is 2.99. The molecule has 1 aromatic rings. The third-order valence-corrected chi connectivity index (χ3v) is 4.14. The molecule has 20 heavy (non-hydrogen) atoms. The third-order valence-electron chi connectivity index (χ3n) is 4.14. The average Bonchev–Trinajstić information content (AvgIpc) is 3.01. The molecule has 0 radical (unpaired) electrons. The van der Waals surface area contributed by atoms with Crippen molar-refractivity contribution in [1.29, 1.82) is 0 Å². The number of carbonyl (C=O) groups excluding carboxylic acids is 1. The molecule has 2 heterocycles. The summed E-state index contributed by atoms with van der Waals surface area (Å²) < 4.78 is 13.7. The van der Waals surface area contributed by atoms with E-state index >= 15 is 0 Å². The van der Waals surface area contributed by atoms with Gasteiger partial charge in [-0.3, -0.25) is 4.79 Å². The number of hydrogen-bond acceptors (Lipinski definition) is 3. The summed E-state index contributed by atoms with van der Waals surface area (Å²) in [6.07, 6.45) is 2.01. The van der Waals surface area contributed by atoms with Crippen molar-refractivity contribution >= 4 is 11.6 Å². The van der Waals surface area contributed by atoms with E-state index in [4.69, 9.17) is 0 Å². The lowest BCUT2D eigenvalue weighted by atomic mass is 10.1. The van der Waals surface area contributed by atoms with Crippen LogP contribution < -0.4 is 10.2 Å². The van der Waals surface area contributed by atoms with Gasteiger partial charge in [0.15, 0.2) is 0 Å². The molecule has 3 rings (SSSR count). The number of nitrogens with one attached hydrogen (secondary N) is 1. The Labute approximate surface area is 118 Å². The second-order valence-electron chi connectivity index (χ2n) is 5.41. The minimum Gasteiger partial charge on any atom is -0.366 e. The molecular formula is C15H20FN3O. The largest absolute Gasteiger partial charge is 0.366 e. The fourth-order valence-electron chi connectivity index (χ4n) is 2.99. The van der Waals surface area contributed by atoms with E-state index in [-0.39, 0.29) is 17.8 Å². The smallest absolute Gasteiger partial charge is 0.239 e. The lowest BCUT2D eigenvalue weighted by Gasteiger charge is -2.37. The number of nitrogens with zero attached hydrogens (tertiary/aromatic N) is 2. The van der Waals surface area contributed by atoms with Gasteiger partial charge in [0.25, 0.3) is 0 Å². The average molecular weight is 277 g/mol. The van der Waals surface area contributed by atoms with Gasteiger partial charge >= 0.3 is 0 Å². The standard InChI is InChI=1S/C15H20FN3O/c16-12-4-1-2-6-14(12)18-8-10-19(11-9-18)15(20)13-5-3-7-17-13/h1-2,4,6,13,17H,3,5,7-11H2. The highest BCUT2D eigenvalue weighted by Gasteiger charge is 2.29. The quantitative estimate of drug-likeness (QED) is 0.883. The first-order valence-corrected chi connectivity index (χ1v) is 7.27. The molecule has 0 spiro atoms. The number of rotatable bonds is 2. The summed E-state index contributed by atoms with van der Waals surface area (Å²) in [5.74, 6) is 0.0143. The fraction of sp³-hybridized carbons (Fsp3) is 0.533. The van der Waals surface area contributed by atoms with Crippen LogP contribution in [0.25, 0.3) is 0 Å². The zero-order valence-electron chi connectivity index (χ0n) is 11.5. The van der Waals surface area contributed by atoms with Crippen molar-refractivity contribution in [1.82, 2.24) is 10.2 Å². The maximum Gasteiger partial charge on any atom is 0.239 e. The van der Waals surface area contributed by atoms with E-state index in [9.17, 15) is 9.18 Å².